The first-order valence-electron chi connectivity index (χ1n) is 7.29. The zero-order chi connectivity index (χ0) is 19.1. The third-order valence-electron chi connectivity index (χ3n) is 3.01. The normalized spacial score (nSPS) is 10.1. The molecule has 26 heavy (non-hydrogen) atoms. The molecule has 0 heterocycles. The summed E-state index contributed by atoms with van der Waals surface area (Å²) in [7, 11) is 0. The maximum atomic E-state index is 13.0. The number of carbonyl (C=O) groups excluding carboxylic acids is 3. The Hall–Kier alpha value is -2.81. The summed E-state index contributed by atoms with van der Waals surface area (Å²) in [5.74, 6) is -3.80. The van der Waals surface area contributed by atoms with Crippen molar-refractivity contribution in [3.05, 3.63) is 64.1 Å². The fraction of sp³-hybridized carbons (Fsp3) is 0.118. The van der Waals surface area contributed by atoms with Gasteiger partial charge in [-0.05, 0) is 36.4 Å². The Kier molecular flexibility index (Phi) is 6.79. The van der Waals surface area contributed by atoms with E-state index >= 15 is 0 Å². The minimum Gasteiger partial charge on any atom is -0.454 e. The largest absolute Gasteiger partial charge is 0.454 e. The van der Waals surface area contributed by atoms with Crippen molar-refractivity contribution in [1.29, 1.82) is 0 Å². The minimum absolute atomic E-state index is 0.105. The second kappa shape index (κ2) is 9.04. The van der Waals surface area contributed by atoms with Gasteiger partial charge in [-0.2, -0.15) is 0 Å². The molecule has 2 aromatic rings. The zero-order valence-corrected chi connectivity index (χ0v) is 14.8. The van der Waals surface area contributed by atoms with Gasteiger partial charge in [-0.1, -0.05) is 15.9 Å². The first kappa shape index (κ1) is 19.5. The van der Waals surface area contributed by atoms with E-state index in [9.17, 15) is 23.2 Å². The lowest BCUT2D eigenvalue weighted by Crippen LogP contribution is -2.32. The van der Waals surface area contributed by atoms with Crippen LogP contribution in [0.2, 0.25) is 0 Å². The fourth-order valence-corrected chi connectivity index (χ4v) is 2.14. The highest BCUT2D eigenvalue weighted by molar-refractivity contribution is 9.10. The van der Waals surface area contributed by atoms with Gasteiger partial charge in [-0.3, -0.25) is 14.4 Å². The van der Waals surface area contributed by atoms with E-state index in [0.29, 0.717) is 11.6 Å². The van der Waals surface area contributed by atoms with Crippen LogP contribution < -0.4 is 10.6 Å². The molecule has 2 rings (SSSR count). The highest BCUT2D eigenvalue weighted by atomic mass is 79.9. The quantitative estimate of drug-likeness (QED) is 0.695. The first-order chi connectivity index (χ1) is 12.3. The number of anilines is 1. The van der Waals surface area contributed by atoms with E-state index in [-0.39, 0.29) is 5.69 Å². The lowest BCUT2D eigenvalue weighted by Gasteiger charge is -2.08. The Morgan fingerprint density at radius 3 is 2.23 bits per heavy atom. The van der Waals surface area contributed by atoms with Gasteiger partial charge in [-0.25, -0.2) is 8.78 Å². The summed E-state index contributed by atoms with van der Waals surface area (Å²) in [6, 6.07) is 8.97. The van der Waals surface area contributed by atoms with Crippen LogP contribution in [0.5, 0.6) is 0 Å². The summed E-state index contributed by atoms with van der Waals surface area (Å²) in [5, 5.41) is 4.53. The topological polar surface area (TPSA) is 84.5 Å². The molecule has 0 bridgehead atoms. The number of nitrogens with one attached hydrogen (secondary N) is 2. The van der Waals surface area contributed by atoms with Crippen molar-refractivity contribution in [1.82, 2.24) is 5.32 Å². The van der Waals surface area contributed by atoms with Gasteiger partial charge in [0.2, 0.25) is 0 Å². The molecule has 2 aromatic carbocycles. The third-order valence-corrected chi connectivity index (χ3v) is 3.54. The lowest BCUT2D eigenvalue weighted by molar-refractivity contribution is -0.146. The van der Waals surface area contributed by atoms with Crippen molar-refractivity contribution in [2.24, 2.45) is 0 Å². The lowest BCUT2D eigenvalue weighted by atomic mass is 10.2. The maximum absolute atomic E-state index is 13.0. The number of amides is 2. The van der Waals surface area contributed by atoms with Crippen LogP contribution in [-0.4, -0.2) is 30.9 Å². The Labute approximate surface area is 155 Å². The second-order valence-electron chi connectivity index (χ2n) is 5.06. The number of carbonyl (C=O) groups is 3. The highest BCUT2D eigenvalue weighted by Gasteiger charge is 2.11. The number of halogens is 3. The number of rotatable bonds is 6. The van der Waals surface area contributed by atoms with Crippen LogP contribution in [0.1, 0.15) is 10.4 Å². The van der Waals surface area contributed by atoms with Crippen molar-refractivity contribution in [3.63, 3.8) is 0 Å². The molecule has 0 spiro atoms. The summed E-state index contributed by atoms with van der Waals surface area (Å²) in [6.07, 6.45) is 0. The number of esters is 1. The van der Waals surface area contributed by atoms with Gasteiger partial charge in [0, 0.05) is 21.8 Å². The van der Waals surface area contributed by atoms with Crippen molar-refractivity contribution in [3.8, 4) is 0 Å². The van der Waals surface area contributed by atoms with Crippen LogP contribution in [-0.2, 0) is 14.3 Å². The molecule has 0 aliphatic rings. The molecule has 0 unspecified atom stereocenters. The molecule has 2 N–H and O–H groups in total. The van der Waals surface area contributed by atoms with E-state index in [1.165, 1.54) is 0 Å². The van der Waals surface area contributed by atoms with Crippen molar-refractivity contribution in [2.45, 2.75) is 0 Å². The molecule has 0 aliphatic heterocycles. The standard InChI is InChI=1S/C17H13BrF2N2O4/c18-11-3-1-10(2-4-11)17(25)21-8-16(24)26-9-15(23)22-14-6-12(19)5-13(20)7-14/h1-7H,8-9H2,(H,21,25)(H,22,23). The summed E-state index contributed by atoms with van der Waals surface area (Å²) in [5.41, 5.74) is 0.249. The van der Waals surface area contributed by atoms with Gasteiger partial charge in [-0.15, -0.1) is 0 Å². The van der Waals surface area contributed by atoms with Crippen LogP contribution in [0.4, 0.5) is 14.5 Å². The molecule has 0 saturated carbocycles. The molecule has 0 radical (unpaired) electrons. The molecular weight excluding hydrogens is 414 g/mol. The van der Waals surface area contributed by atoms with E-state index in [2.05, 4.69) is 31.3 Å². The Morgan fingerprint density at radius 1 is 1.00 bits per heavy atom. The van der Waals surface area contributed by atoms with Gasteiger partial charge in [0.1, 0.15) is 18.2 Å². The van der Waals surface area contributed by atoms with Crippen LogP contribution in [0.15, 0.2) is 46.9 Å². The average Bonchev–Trinajstić information content (AvgIpc) is 2.57. The van der Waals surface area contributed by atoms with E-state index in [1.807, 2.05) is 0 Å². The summed E-state index contributed by atoms with van der Waals surface area (Å²) >= 11 is 3.24. The van der Waals surface area contributed by atoms with Crippen LogP contribution in [0.3, 0.4) is 0 Å². The van der Waals surface area contributed by atoms with Crippen LogP contribution >= 0.6 is 15.9 Å². The van der Waals surface area contributed by atoms with Crippen molar-refractivity contribution < 1.29 is 27.9 Å². The molecular formula is C17H13BrF2N2O4. The first-order valence-corrected chi connectivity index (χ1v) is 8.08. The third kappa shape index (κ3) is 6.25. The van der Waals surface area contributed by atoms with Gasteiger partial charge >= 0.3 is 5.97 Å². The average molecular weight is 427 g/mol. The van der Waals surface area contributed by atoms with E-state index in [4.69, 9.17) is 0 Å². The molecule has 136 valence electrons. The Balaban J connectivity index is 1.74. The van der Waals surface area contributed by atoms with E-state index in [1.54, 1.807) is 24.3 Å². The molecule has 6 nitrogen and oxygen atoms in total. The highest BCUT2D eigenvalue weighted by Crippen LogP contribution is 2.12. The maximum Gasteiger partial charge on any atom is 0.325 e. The molecule has 9 heteroatoms. The summed E-state index contributed by atoms with van der Waals surface area (Å²) in [4.78, 5) is 35.0. The smallest absolute Gasteiger partial charge is 0.325 e. The van der Waals surface area contributed by atoms with Crippen LogP contribution in [0.25, 0.3) is 0 Å². The molecule has 0 saturated heterocycles. The van der Waals surface area contributed by atoms with Crippen LogP contribution in [0, 0.1) is 11.6 Å². The van der Waals surface area contributed by atoms with Crippen molar-refractivity contribution in [2.75, 3.05) is 18.5 Å². The monoisotopic (exact) mass is 426 g/mol. The van der Waals surface area contributed by atoms with Crippen molar-refractivity contribution >= 4 is 39.4 Å². The number of hydrogen-bond acceptors (Lipinski definition) is 4. The Morgan fingerprint density at radius 2 is 1.62 bits per heavy atom. The zero-order valence-electron chi connectivity index (χ0n) is 13.2. The number of ether oxygens (including phenoxy) is 1. The van der Waals surface area contributed by atoms with Gasteiger partial charge in [0.15, 0.2) is 6.61 Å². The summed E-state index contributed by atoms with van der Waals surface area (Å²) in [6.45, 7) is -1.10. The van der Waals surface area contributed by atoms with Gasteiger partial charge < -0.3 is 15.4 Å². The second-order valence-corrected chi connectivity index (χ2v) is 5.97. The van der Waals surface area contributed by atoms with E-state index in [0.717, 1.165) is 16.6 Å². The molecule has 0 fully saturated rings. The summed E-state index contributed by atoms with van der Waals surface area (Å²) < 4.78 is 31.5. The SMILES string of the molecule is O=C(COC(=O)CNC(=O)c1ccc(Br)cc1)Nc1cc(F)cc(F)c1. The predicted octanol–water partition coefficient (Wildman–Crippen LogP) is 2.64. The predicted molar refractivity (Wildman–Crippen MR) is 92.4 cm³/mol. The molecule has 2 amide bonds. The van der Waals surface area contributed by atoms with Gasteiger partial charge in [0.05, 0.1) is 0 Å². The Bertz CT molecular complexity index is 808. The molecule has 0 aromatic heterocycles. The molecule has 0 atom stereocenters. The van der Waals surface area contributed by atoms with E-state index < -0.39 is 42.6 Å². The van der Waals surface area contributed by atoms with Gasteiger partial charge in [0.25, 0.3) is 11.8 Å². The minimum atomic E-state index is -0.854. The number of hydrogen-bond donors (Lipinski definition) is 2. The fourth-order valence-electron chi connectivity index (χ4n) is 1.88. The molecule has 0 aliphatic carbocycles. The number of benzene rings is 2.